The third-order valence-electron chi connectivity index (χ3n) is 4.59. The molecule has 0 aliphatic rings. The number of methoxy groups -OCH3 is 1. The molecule has 7 nitrogen and oxygen atoms in total. The van der Waals surface area contributed by atoms with Crippen molar-refractivity contribution in [3.8, 4) is 17.0 Å². The van der Waals surface area contributed by atoms with Gasteiger partial charge in [-0.3, -0.25) is 0 Å². The number of anilines is 1. The van der Waals surface area contributed by atoms with Crippen LogP contribution in [-0.2, 0) is 16.1 Å². The van der Waals surface area contributed by atoms with Crippen molar-refractivity contribution in [1.29, 1.82) is 0 Å². The van der Waals surface area contributed by atoms with Crippen LogP contribution in [0.3, 0.4) is 0 Å². The summed E-state index contributed by atoms with van der Waals surface area (Å²) in [7, 11) is 1.65. The normalized spacial score (nSPS) is 10.7. The molecule has 31 heavy (non-hydrogen) atoms. The third-order valence-corrected chi connectivity index (χ3v) is 4.84. The fourth-order valence-electron chi connectivity index (χ4n) is 3.06. The van der Waals surface area contributed by atoms with Crippen molar-refractivity contribution < 1.29 is 19.4 Å². The Balaban J connectivity index is 1.82. The second-order valence-electron chi connectivity index (χ2n) is 6.92. The zero-order valence-electron chi connectivity index (χ0n) is 17.4. The Morgan fingerprint density at radius 2 is 1.94 bits per heavy atom. The minimum Gasteiger partial charge on any atom is -0.546 e. The zero-order valence-corrected chi connectivity index (χ0v) is 18.1. The third kappa shape index (κ3) is 6.41. The Hall–Kier alpha value is -3.16. The van der Waals surface area contributed by atoms with Gasteiger partial charge in [0.05, 0.1) is 18.3 Å². The lowest BCUT2D eigenvalue weighted by molar-refractivity contribution is -0.307. The first kappa shape index (κ1) is 22.5. The number of carboxylic acids is 1. The number of carbonyl (C=O) groups is 1. The molecular weight excluding hydrogens is 418 g/mol. The number of benzene rings is 2. The molecule has 0 saturated heterocycles. The number of carbonyl (C=O) groups excluding carboxylic acids is 1. The highest BCUT2D eigenvalue weighted by atomic mass is 35.5. The van der Waals surface area contributed by atoms with Gasteiger partial charge in [0.25, 0.3) is 0 Å². The lowest BCUT2D eigenvalue weighted by Crippen LogP contribution is -2.29. The molecule has 0 N–H and O–H groups in total. The Morgan fingerprint density at radius 3 is 2.61 bits per heavy atom. The van der Waals surface area contributed by atoms with E-state index in [9.17, 15) is 9.90 Å². The first-order valence-corrected chi connectivity index (χ1v) is 10.1. The number of rotatable bonds is 10. The van der Waals surface area contributed by atoms with Gasteiger partial charge in [-0.05, 0) is 42.3 Å². The van der Waals surface area contributed by atoms with Crippen LogP contribution in [0.2, 0.25) is 5.02 Å². The highest BCUT2D eigenvalue weighted by Crippen LogP contribution is 2.24. The number of aromatic nitrogens is 2. The maximum absolute atomic E-state index is 10.6. The maximum Gasteiger partial charge on any atom is 0.226 e. The Morgan fingerprint density at radius 1 is 1.16 bits per heavy atom. The van der Waals surface area contributed by atoms with Crippen LogP contribution in [0.1, 0.15) is 11.1 Å². The van der Waals surface area contributed by atoms with E-state index in [0.717, 1.165) is 22.4 Å². The zero-order chi connectivity index (χ0) is 22.2. The molecule has 1 heterocycles. The van der Waals surface area contributed by atoms with Crippen molar-refractivity contribution in [2.45, 2.75) is 13.5 Å². The van der Waals surface area contributed by atoms with Gasteiger partial charge >= 0.3 is 0 Å². The topological polar surface area (TPSA) is 87.6 Å². The molecule has 3 aromatic rings. The molecule has 162 valence electrons. The summed E-state index contributed by atoms with van der Waals surface area (Å²) in [5.41, 5.74) is 3.59. The summed E-state index contributed by atoms with van der Waals surface area (Å²) in [6.45, 7) is 3.05. The van der Waals surface area contributed by atoms with Crippen LogP contribution in [0.5, 0.6) is 5.75 Å². The summed E-state index contributed by atoms with van der Waals surface area (Å²) < 4.78 is 10.5. The molecule has 0 fully saturated rings. The fourth-order valence-corrected chi connectivity index (χ4v) is 3.19. The highest BCUT2D eigenvalue weighted by Gasteiger charge is 2.13. The van der Waals surface area contributed by atoms with Gasteiger partial charge in [0.15, 0.2) is 0 Å². The summed E-state index contributed by atoms with van der Waals surface area (Å²) in [4.78, 5) is 21.8. The van der Waals surface area contributed by atoms with E-state index < -0.39 is 12.6 Å². The molecule has 0 bridgehead atoms. The van der Waals surface area contributed by atoms with E-state index in [0.29, 0.717) is 36.4 Å². The Kier molecular flexibility index (Phi) is 7.81. The van der Waals surface area contributed by atoms with Gasteiger partial charge in [-0.2, -0.15) is 0 Å². The van der Waals surface area contributed by atoms with E-state index in [4.69, 9.17) is 26.1 Å². The molecule has 0 atom stereocenters. The van der Waals surface area contributed by atoms with E-state index in [1.165, 1.54) is 0 Å². The Labute approximate surface area is 186 Å². The second kappa shape index (κ2) is 10.7. The van der Waals surface area contributed by atoms with Crippen LogP contribution in [0.4, 0.5) is 5.95 Å². The highest BCUT2D eigenvalue weighted by molar-refractivity contribution is 6.30. The summed E-state index contributed by atoms with van der Waals surface area (Å²) in [6, 6.07) is 14.9. The van der Waals surface area contributed by atoms with E-state index in [1.807, 2.05) is 54.3 Å². The minimum atomic E-state index is -1.26. The van der Waals surface area contributed by atoms with E-state index >= 15 is 0 Å². The van der Waals surface area contributed by atoms with Gasteiger partial charge in [0.2, 0.25) is 5.95 Å². The van der Waals surface area contributed by atoms with Crippen LogP contribution in [0.25, 0.3) is 11.3 Å². The molecule has 1 aromatic heterocycles. The van der Waals surface area contributed by atoms with Gasteiger partial charge < -0.3 is 24.3 Å². The molecule has 3 rings (SSSR count). The SMILES string of the molecule is COCCN(Cc1ccc(OCC(=O)[O-])c(C)c1)c1nccc(-c2ccc(Cl)cc2)n1. The van der Waals surface area contributed by atoms with Crippen LogP contribution in [-0.4, -0.2) is 42.8 Å². The molecular formula is C23H23ClN3O4-. The van der Waals surface area contributed by atoms with Crippen LogP contribution in [0, 0.1) is 6.92 Å². The first-order chi connectivity index (χ1) is 15.0. The van der Waals surface area contributed by atoms with Crippen LogP contribution >= 0.6 is 11.6 Å². The van der Waals surface area contributed by atoms with Gasteiger partial charge in [0, 0.05) is 37.0 Å². The van der Waals surface area contributed by atoms with Crippen molar-refractivity contribution in [2.75, 3.05) is 31.8 Å². The predicted octanol–water partition coefficient (Wildman–Crippen LogP) is 2.89. The van der Waals surface area contributed by atoms with Crippen molar-refractivity contribution in [3.05, 3.63) is 70.9 Å². The molecule has 8 heteroatoms. The van der Waals surface area contributed by atoms with E-state index in [-0.39, 0.29) is 0 Å². The molecule has 0 aliphatic heterocycles. The number of nitrogens with zero attached hydrogens (tertiary/aromatic N) is 3. The first-order valence-electron chi connectivity index (χ1n) is 9.71. The summed E-state index contributed by atoms with van der Waals surface area (Å²) in [6.07, 6.45) is 1.73. The molecule has 0 aliphatic carbocycles. The average molecular weight is 441 g/mol. The summed E-state index contributed by atoms with van der Waals surface area (Å²) in [5, 5.41) is 11.3. The molecule has 0 saturated carbocycles. The average Bonchev–Trinajstić information content (AvgIpc) is 2.76. The lowest BCUT2D eigenvalue weighted by atomic mass is 10.1. The summed E-state index contributed by atoms with van der Waals surface area (Å²) in [5.74, 6) is -0.163. The molecule has 0 unspecified atom stereocenters. The Bertz CT molecular complexity index is 1030. The van der Waals surface area contributed by atoms with Crippen LogP contribution in [0.15, 0.2) is 54.7 Å². The minimum absolute atomic E-state index is 0.481. The van der Waals surface area contributed by atoms with Crippen molar-refractivity contribution in [2.24, 2.45) is 0 Å². The molecule has 2 aromatic carbocycles. The number of aliphatic carboxylic acids is 1. The number of halogens is 1. The van der Waals surface area contributed by atoms with Crippen molar-refractivity contribution in [1.82, 2.24) is 9.97 Å². The fraction of sp³-hybridized carbons (Fsp3) is 0.261. The lowest BCUT2D eigenvalue weighted by Gasteiger charge is -2.23. The number of ether oxygens (including phenoxy) is 2. The smallest absolute Gasteiger partial charge is 0.226 e. The largest absolute Gasteiger partial charge is 0.546 e. The van der Waals surface area contributed by atoms with E-state index in [2.05, 4.69) is 4.98 Å². The van der Waals surface area contributed by atoms with Gasteiger partial charge in [-0.15, -0.1) is 0 Å². The van der Waals surface area contributed by atoms with Gasteiger partial charge in [-0.25, -0.2) is 9.97 Å². The quantitative estimate of drug-likeness (QED) is 0.479. The number of carboxylic acid groups (broad SMARTS) is 1. The van der Waals surface area contributed by atoms with Crippen molar-refractivity contribution >= 4 is 23.5 Å². The van der Waals surface area contributed by atoms with Crippen molar-refractivity contribution in [3.63, 3.8) is 0 Å². The van der Waals surface area contributed by atoms with E-state index in [1.54, 1.807) is 19.4 Å². The summed E-state index contributed by atoms with van der Waals surface area (Å²) >= 11 is 5.99. The maximum atomic E-state index is 10.6. The number of hydrogen-bond donors (Lipinski definition) is 0. The number of hydrogen-bond acceptors (Lipinski definition) is 7. The molecule has 0 amide bonds. The van der Waals surface area contributed by atoms with Gasteiger partial charge in [0.1, 0.15) is 12.4 Å². The second-order valence-corrected chi connectivity index (χ2v) is 7.36. The molecule has 0 radical (unpaired) electrons. The number of aryl methyl sites for hydroxylation is 1. The molecule has 0 spiro atoms. The standard InChI is InChI=1S/C23H24ClN3O4/c1-16-13-17(3-8-21(16)31-15-22(28)29)14-27(11-12-30-2)23-25-10-9-20(26-23)18-4-6-19(24)7-5-18/h3-10,13H,11-12,14-15H2,1-2H3,(H,28,29)/p-1. The predicted molar refractivity (Wildman–Crippen MR) is 117 cm³/mol. The van der Waals surface area contributed by atoms with Crippen LogP contribution < -0.4 is 14.7 Å². The monoisotopic (exact) mass is 440 g/mol. The van der Waals surface area contributed by atoms with Gasteiger partial charge in [-0.1, -0.05) is 35.9 Å².